The molecule has 1 rings (SSSR count). The van der Waals surface area contributed by atoms with E-state index in [1.807, 2.05) is 12.1 Å². The van der Waals surface area contributed by atoms with E-state index in [-0.39, 0.29) is 6.10 Å². The van der Waals surface area contributed by atoms with Gasteiger partial charge in [0.2, 0.25) is 0 Å². The maximum Gasteiger partial charge on any atom is 0.0762 e. The predicted octanol–water partition coefficient (Wildman–Crippen LogP) is 2.86. The molecule has 0 heterocycles. The first-order valence-corrected chi connectivity index (χ1v) is 4.39. The van der Waals surface area contributed by atoms with Gasteiger partial charge in [0, 0.05) is 0 Å². The molecule has 1 heteroatoms. The molecule has 0 aliphatic carbocycles. The molecule has 0 spiro atoms. The third-order valence-corrected chi connectivity index (χ3v) is 2.06. The summed E-state index contributed by atoms with van der Waals surface area (Å²) in [6.45, 7) is 6.10. The number of benzene rings is 1. The maximum absolute atomic E-state index is 9.33. The van der Waals surface area contributed by atoms with E-state index in [1.165, 1.54) is 5.56 Å². The first-order valence-electron chi connectivity index (χ1n) is 4.39. The van der Waals surface area contributed by atoms with Crippen LogP contribution in [0.25, 0.3) is 0 Å². The molecule has 1 aromatic rings. The lowest BCUT2D eigenvalue weighted by atomic mass is 9.99. The highest BCUT2D eigenvalue weighted by Gasteiger charge is 2.03. The van der Waals surface area contributed by atoms with Crippen LogP contribution in [-0.4, -0.2) is 5.11 Å². The van der Waals surface area contributed by atoms with Crippen molar-refractivity contribution >= 4 is 0 Å². The molecule has 1 nitrogen and oxygen atoms in total. The molecular formula is C11H16O. The van der Waals surface area contributed by atoms with Crippen LogP contribution in [0.5, 0.6) is 0 Å². The summed E-state index contributed by atoms with van der Waals surface area (Å²) in [6, 6.07) is 8.11. The standard InChI is InChI=1S/C11H16O/c1-8(2)10-5-4-6-11(7-10)9(3)12/h4-9,12H,1-3H3. The van der Waals surface area contributed by atoms with Gasteiger partial charge in [-0.15, -0.1) is 0 Å². The van der Waals surface area contributed by atoms with Crippen LogP contribution in [-0.2, 0) is 0 Å². The molecule has 0 saturated carbocycles. The van der Waals surface area contributed by atoms with Crippen molar-refractivity contribution in [3.8, 4) is 0 Å². The lowest BCUT2D eigenvalue weighted by Crippen LogP contribution is -1.93. The Kier molecular flexibility index (Phi) is 2.88. The minimum atomic E-state index is -0.358. The van der Waals surface area contributed by atoms with Crippen molar-refractivity contribution in [2.75, 3.05) is 0 Å². The Hall–Kier alpha value is -0.820. The van der Waals surface area contributed by atoms with E-state index in [0.29, 0.717) is 5.92 Å². The highest BCUT2D eigenvalue weighted by atomic mass is 16.3. The summed E-state index contributed by atoms with van der Waals surface area (Å²) in [6.07, 6.45) is -0.358. The van der Waals surface area contributed by atoms with Crippen LogP contribution in [0.15, 0.2) is 24.3 Å². The van der Waals surface area contributed by atoms with E-state index in [0.717, 1.165) is 5.56 Å². The van der Waals surface area contributed by atoms with Crippen molar-refractivity contribution in [2.45, 2.75) is 32.8 Å². The van der Waals surface area contributed by atoms with Gasteiger partial charge in [0.25, 0.3) is 0 Å². The van der Waals surface area contributed by atoms with Crippen molar-refractivity contribution < 1.29 is 5.11 Å². The van der Waals surface area contributed by atoms with E-state index >= 15 is 0 Å². The van der Waals surface area contributed by atoms with Crippen molar-refractivity contribution in [3.05, 3.63) is 35.4 Å². The monoisotopic (exact) mass is 164 g/mol. The van der Waals surface area contributed by atoms with E-state index in [4.69, 9.17) is 0 Å². The molecule has 0 aliphatic rings. The van der Waals surface area contributed by atoms with Gasteiger partial charge in [-0.25, -0.2) is 0 Å². The van der Waals surface area contributed by atoms with E-state index in [9.17, 15) is 5.11 Å². The Morgan fingerprint density at radius 1 is 1.08 bits per heavy atom. The fourth-order valence-corrected chi connectivity index (χ4v) is 1.18. The van der Waals surface area contributed by atoms with Crippen molar-refractivity contribution in [1.82, 2.24) is 0 Å². The molecule has 0 saturated heterocycles. The SMILES string of the molecule is CC(C)c1cccc(C(C)O)c1. The van der Waals surface area contributed by atoms with Gasteiger partial charge < -0.3 is 5.11 Å². The van der Waals surface area contributed by atoms with Crippen LogP contribution < -0.4 is 0 Å². The Morgan fingerprint density at radius 2 is 1.67 bits per heavy atom. The molecule has 0 aromatic heterocycles. The van der Waals surface area contributed by atoms with Gasteiger partial charge in [0.1, 0.15) is 0 Å². The minimum absolute atomic E-state index is 0.358. The number of hydrogen-bond acceptors (Lipinski definition) is 1. The highest BCUT2D eigenvalue weighted by Crippen LogP contribution is 2.19. The Balaban J connectivity index is 2.96. The summed E-state index contributed by atoms with van der Waals surface area (Å²) in [5, 5.41) is 9.33. The molecule has 0 amide bonds. The topological polar surface area (TPSA) is 20.2 Å². The summed E-state index contributed by atoms with van der Waals surface area (Å²) >= 11 is 0. The fourth-order valence-electron chi connectivity index (χ4n) is 1.18. The summed E-state index contributed by atoms with van der Waals surface area (Å²) in [7, 11) is 0. The number of rotatable bonds is 2. The van der Waals surface area contributed by atoms with Gasteiger partial charge in [0.05, 0.1) is 6.10 Å². The Bertz CT molecular complexity index is 228. The van der Waals surface area contributed by atoms with Crippen LogP contribution in [0, 0.1) is 0 Å². The van der Waals surface area contributed by atoms with Crippen molar-refractivity contribution in [3.63, 3.8) is 0 Å². The molecule has 1 aromatic carbocycles. The van der Waals surface area contributed by atoms with Crippen LogP contribution >= 0.6 is 0 Å². The molecule has 1 unspecified atom stereocenters. The normalized spacial score (nSPS) is 13.4. The predicted molar refractivity (Wildman–Crippen MR) is 51.2 cm³/mol. The van der Waals surface area contributed by atoms with Crippen molar-refractivity contribution in [2.24, 2.45) is 0 Å². The van der Waals surface area contributed by atoms with Gasteiger partial charge >= 0.3 is 0 Å². The largest absolute Gasteiger partial charge is 0.389 e. The third kappa shape index (κ3) is 2.08. The van der Waals surface area contributed by atoms with Crippen LogP contribution in [0.1, 0.15) is 43.9 Å². The molecule has 1 atom stereocenters. The zero-order chi connectivity index (χ0) is 9.14. The lowest BCUT2D eigenvalue weighted by molar-refractivity contribution is 0.199. The van der Waals surface area contributed by atoms with Crippen LogP contribution in [0.3, 0.4) is 0 Å². The second-order valence-corrected chi connectivity index (χ2v) is 3.50. The van der Waals surface area contributed by atoms with Crippen LogP contribution in [0.4, 0.5) is 0 Å². The molecule has 0 radical (unpaired) electrons. The summed E-state index contributed by atoms with van der Waals surface area (Å²) in [5.41, 5.74) is 2.29. The number of hydrogen-bond donors (Lipinski definition) is 1. The van der Waals surface area contributed by atoms with Gasteiger partial charge in [0.15, 0.2) is 0 Å². The Labute approximate surface area is 74.1 Å². The number of aliphatic hydroxyl groups is 1. The van der Waals surface area contributed by atoms with Gasteiger partial charge in [-0.2, -0.15) is 0 Å². The van der Waals surface area contributed by atoms with Gasteiger partial charge in [-0.05, 0) is 24.0 Å². The van der Waals surface area contributed by atoms with E-state index in [2.05, 4.69) is 26.0 Å². The highest BCUT2D eigenvalue weighted by molar-refractivity contribution is 5.26. The lowest BCUT2D eigenvalue weighted by Gasteiger charge is -2.09. The molecule has 66 valence electrons. The summed E-state index contributed by atoms with van der Waals surface area (Å²) < 4.78 is 0. The maximum atomic E-state index is 9.33. The molecule has 0 aliphatic heterocycles. The number of aliphatic hydroxyl groups excluding tert-OH is 1. The van der Waals surface area contributed by atoms with Crippen LogP contribution in [0.2, 0.25) is 0 Å². The molecule has 1 N–H and O–H groups in total. The van der Waals surface area contributed by atoms with Crippen molar-refractivity contribution in [1.29, 1.82) is 0 Å². The zero-order valence-electron chi connectivity index (χ0n) is 7.91. The molecular weight excluding hydrogens is 148 g/mol. The quantitative estimate of drug-likeness (QED) is 0.712. The second kappa shape index (κ2) is 3.72. The second-order valence-electron chi connectivity index (χ2n) is 3.50. The molecule has 0 bridgehead atoms. The average Bonchev–Trinajstić information content (AvgIpc) is 2.04. The van der Waals surface area contributed by atoms with E-state index < -0.39 is 0 Å². The molecule has 12 heavy (non-hydrogen) atoms. The summed E-state index contributed by atoms with van der Waals surface area (Å²) in [5.74, 6) is 0.531. The molecule has 0 fully saturated rings. The smallest absolute Gasteiger partial charge is 0.0762 e. The fraction of sp³-hybridized carbons (Fsp3) is 0.455. The first-order chi connectivity index (χ1) is 5.61. The van der Waals surface area contributed by atoms with Gasteiger partial charge in [-0.3, -0.25) is 0 Å². The Morgan fingerprint density at radius 3 is 2.17 bits per heavy atom. The average molecular weight is 164 g/mol. The summed E-state index contributed by atoms with van der Waals surface area (Å²) in [4.78, 5) is 0. The third-order valence-electron chi connectivity index (χ3n) is 2.06. The van der Waals surface area contributed by atoms with Gasteiger partial charge in [-0.1, -0.05) is 38.1 Å². The zero-order valence-corrected chi connectivity index (χ0v) is 7.91. The minimum Gasteiger partial charge on any atom is -0.389 e. The van der Waals surface area contributed by atoms with E-state index in [1.54, 1.807) is 6.92 Å². The first kappa shape index (κ1) is 9.27.